The maximum absolute atomic E-state index is 15.1. The predicted molar refractivity (Wildman–Crippen MR) is 120 cm³/mol. The molecule has 0 aromatic heterocycles. The molecule has 0 unspecified atom stereocenters. The monoisotopic (exact) mass is 444 g/mol. The first-order valence-electron chi connectivity index (χ1n) is 10.9. The van der Waals surface area contributed by atoms with E-state index in [0.29, 0.717) is 42.9 Å². The van der Waals surface area contributed by atoms with Crippen molar-refractivity contribution >= 4 is 22.4 Å². The molecule has 164 valence electrons. The molecule has 0 spiro atoms. The number of unbranched alkanes of at least 4 members (excludes halogenated alkanes) is 1. The topological polar surface area (TPSA) is 18.5 Å². The molecule has 0 saturated carbocycles. The van der Waals surface area contributed by atoms with E-state index in [0.717, 1.165) is 22.9 Å². The second kappa shape index (κ2) is 10.1. The van der Waals surface area contributed by atoms with Crippen LogP contribution in [0.2, 0.25) is 5.02 Å². The van der Waals surface area contributed by atoms with Gasteiger partial charge in [0.15, 0.2) is 6.29 Å². The van der Waals surface area contributed by atoms with E-state index in [4.69, 9.17) is 21.1 Å². The molecule has 1 saturated heterocycles. The third-order valence-electron chi connectivity index (χ3n) is 5.93. The summed E-state index contributed by atoms with van der Waals surface area (Å²) in [7, 11) is 0. The largest absolute Gasteiger partial charge is 0.348 e. The molecule has 0 radical (unpaired) electrons. The van der Waals surface area contributed by atoms with Gasteiger partial charge in [-0.05, 0) is 54.0 Å². The van der Waals surface area contributed by atoms with E-state index in [9.17, 15) is 4.39 Å². The van der Waals surface area contributed by atoms with Gasteiger partial charge in [-0.3, -0.25) is 0 Å². The second-order valence-electron chi connectivity index (χ2n) is 8.27. The number of hydrogen-bond donors (Lipinski definition) is 0. The molecule has 3 aromatic rings. The van der Waals surface area contributed by atoms with Gasteiger partial charge in [-0.25, -0.2) is 8.78 Å². The number of aryl methyl sites for hydroxylation is 2. The van der Waals surface area contributed by atoms with Crippen LogP contribution in [0.4, 0.5) is 8.78 Å². The molecule has 0 amide bonds. The van der Waals surface area contributed by atoms with Crippen LogP contribution in [-0.4, -0.2) is 13.2 Å². The molecule has 1 aliphatic rings. The Bertz CT molecular complexity index is 1050. The van der Waals surface area contributed by atoms with Crippen LogP contribution in [0.5, 0.6) is 0 Å². The van der Waals surface area contributed by atoms with Crippen molar-refractivity contribution in [2.24, 2.45) is 5.92 Å². The van der Waals surface area contributed by atoms with Crippen molar-refractivity contribution in [2.75, 3.05) is 13.2 Å². The predicted octanol–water partition coefficient (Wildman–Crippen LogP) is 7.41. The molecule has 3 aromatic carbocycles. The average molecular weight is 445 g/mol. The van der Waals surface area contributed by atoms with Crippen molar-refractivity contribution in [3.05, 3.63) is 81.9 Å². The van der Waals surface area contributed by atoms with Crippen LogP contribution in [0.15, 0.2) is 48.5 Å². The minimum Gasteiger partial charge on any atom is -0.348 e. The van der Waals surface area contributed by atoms with Gasteiger partial charge < -0.3 is 9.47 Å². The van der Waals surface area contributed by atoms with Gasteiger partial charge in [0.1, 0.15) is 11.6 Å². The summed E-state index contributed by atoms with van der Waals surface area (Å²) in [5.74, 6) is -0.233. The minimum atomic E-state index is -0.450. The Morgan fingerprint density at radius 3 is 2.52 bits per heavy atom. The fraction of sp³-hybridized carbons (Fsp3) is 0.385. The summed E-state index contributed by atoms with van der Waals surface area (Å²) < 4.78 is 40.6. The molecule has 5 heteroatoms. The summed E-state index contributed by atoms with van der Waals surface area (Å²) >= 11 is 5.73. The van der Waals surface area contributed by atoms with E-state index in [1.807, 2.05) is 18.2 Å². The van der Waals surface area contributed by atoms with Crippen molar-refractivity contribution in [1.82, 2.24) is 0 Å². The fourth-order valence-corrected chi connectivity index (χ4v) is 4.18. The van der Waals surface area contributed by atoms with Crippen molar-refractivity contribution < 1.29 is 18.3 Å². The molecule has 1 heterocycles. The first-order chi connectivity index (χ1) is 15.0. The zero-order valence-corrected chi connectivity index (χ0v) is 18.4. The Hall–Kier alpha value is -2.01. The summed E-state index contributed by atoms with van der Waals surface area (Å²) in [5.41, 5.74) is 2.31. The molecule has 1 fully saturated rings. The minimum absolute atomic E-state index is 0.0962. The summed E-state index contributed by atoms with van der Waals surface area (Å²) in [6, 6.07) is 14.0. The molecule has 2 nitrogen and oxygen atoms in total. The Kier molecular flexibility index (Phi) is 7.21. The Morgan fingerprint density at radius 1 is 0.968 bits per heavy atom. The first kappa shape index (κ1) is 22.2. The number of benzene rings is 3. The summed E-state index contributed by atoms with van der Waals surface area (Å²) in [4.78, 5) is 0. The fourth-order valence-electron chi connectivity index (χ4n) is 4.06. The second-order valence-corrected chi connectivity index (χ2v) is 8.68. The van der Waals surface area contributed by atoms with Crippen LogP contribution >= 0.6 is 11.6 Å². The quantitative estimate of drug-likeness (QED) is 0.377. The Morgan fingerprint density at radius 2 is 1.77 bits per heavy atom. The SMILES string of the molecule is CCCCC1COC(c2ccc3c(F)c(CCc4ccc(Cl)c(F)c4)ccc3c2)OC1. The smallest absolute Gasteiger partial charge is 0.183 e. The van der Waals surface area contributed by atoms with Crippen molar-refractivity contribution in [3.63, 3.8) is 0 Å². The van der Waals surface area contributed by atoms with E-state index in [2.05, 4.69) is 6.92 Å². The number of rotatable bonds is 7. The molecule has 4 rings (SSSR count). The van der Waals surface area contributed by atoms with Crippen LogP contribution in [0, 0.1) is 17.6 Å². The van der Waals surface area contributed by atoms with Gasteiger partial charge in [0.05, 0.1) is 18.2 Å². The summed E-state index contributed by atoms with van der Waals surface area (Å²) in [6.07, 6.45) is 4.11. The van der Waals surface area contributed by atoms with Gasteiger partial charge in [-0.1, -0.05) is 61.7 Å². The van der Waals surface area contributed by atoms with Crippen molar-refractivity contribution in [3.8, 4) is 0 Å². The van der Waals surface area contributed by atoms with Crippen molar-refractivity contribution in [2.45, 2.75) is 45.3 Å². The van der Waals surface area contributed by atoms with E-state index in [-0.39, 0.29) is 10.8 Å². The maximum atomic E-state index is 15.1. The number of ether oxygens (including phenoxy) is 2. The highest BCUT2D eigenvalue weighted by Crippen LogP contribution is 2.31. The molecule has 0 bridgehead atoms. The Labute approximate surface area is 187 Å². The van der Waals surface area contributed by atoms with Gasteiger partial charge in [0.2, 0.25) is 0 Å². The van der Waals surface area contributed by atoms with E-state index < -0.39 is 12.1 Å². The first-order valence-corrected chi connectivity index (χ1v) is 11.3. The highest BCUT2D eigenvalue weighted by Gasteiger charge is 2.23. The molecule has 1 aliphatic heterocycles. The van der Waals surface area contributed by atoms with Crippen LogP contribution in [0.1, 0.15) is 49.2 Å². The normalized spacial score (nSPS) is 19.1. The van der Waals surface area contributed by atoms with Gasteiger partial charge in [0.25, 0.3) is 0 Å². The van der Waals surface area contributed by atoms with Gasteiger partial charge >= 0.3 is 0 Å². The third-order valence-corrected chi connectivity index (χ3v) is 6.24. The average Bonchev–Trinajstić information content (AvgIpc) is 2.79. The molecule has 0 atom stereocenters. The summed E-state index contributed by atoms with van der Waals surface area (Å²) in [5, 5.41) is 1.48. The third kappa shape index (κ3) is 5.25. The lowest BCUT2D eigenvalue weighted by molar-refractivity contribution is -0.206. The standard InChI is InChI=1S/C26H27ClF2O2/c1-2-3-4-18-15-30-26(31-16-18)21-10-11-22-20(14-21)9-8-19(25(22)29)7-5-17-6-12-23(27)24(28)13-17/h6,8-14,18,26H,2-5,7,15-16H2,1H3. The van der Waals surface area contributed by atoms with Crippen LogP contribution in [-0.2, 0) is 22.3 Å². The highest BCUT2D eigenvalue weighted by molar-refractivity contribution is 6.30. The number of hydrogen-bond acceptors (Lipinski definition) is 2. The molecule has 0 N–H and O–H groups in total. The van der Waals surface area contributed by atoms with Crippen molar-refractivity contribution in [1.29, 1.82) is 0 Å². The molecule has 0 aliphatic carbocycles. The van der Waals surface area contributed by atoms with E-state index in [1.54, 1.807) is 18.2 Å². The van der Waals surface area contributed by atoms with Gasteiger partial charge in [-0.2, -0.15) is 0 Å². The molecule has 31 heavy (non-hydrogen) atoms. The lowest BCUT2D eigenvalue weighted by Gasteiger charge is -2.29. The van der Waals surface area contributed by atoms with E-state index >= 15 is 4.39 Å². The Balaban J connectivity index is 1.45. The summed E-state index contributed by atoms with van der Waals surface area (Å²) in [6.45, 7) is 3.58. The lowest BCUT2D eigenvalue weighted by atomic mass is 9.98. The highest BCUT2D eigenvalue weighted by atomic mass is 35.5. The molecular weight excluding hydrogens is 418 g/mol. The lowest BCUT2D eigenvalue weighted by Crippen LogP contribution is -2.27. The van der Waals surface area contributed by atoms with Crippen LogP contribution in [0.3, 0.4) is 0 Å². The van der Waals surface area contributed by atoms with Gasteiger partial charge in [-0.15, -0.1) is 0 Å². The van der Waals surface area contributed by atoms with E-state index in [1.165, 1.54) is 25.0 Å². The number of fused-ring (bicyclic) bond motifs is 1. The van der Waals surface area contributed by atoms with Crippen LogP contribution < -0.4 is 0 Å². The zero-order valence-electron chi connectivity index (χ0n) is 17.7. The zero-order chi connectivity index (χ0) is 21.8. The maximum Gasteiger partial charge on any atom is 0.183 e. The number of halogens is 3. The van der Waals surface area contributed by atoms with Gasteiger partial charge in [0, 0.05) is 16.9 Å². The molecular formula is C26H27ClF2O2. The van der Waals surface area contributed by atoms with Crippen LogP contribution in [0.25, 0.3) is 10.8 Å².